The van der Waals surface area contributed by atoms with Gasteiger partial charge in [-0.15, -0.1) is 0 Å². The van der Waals surface area contributed by atoms with Crippen molar-refractivity contribution in [3.63, 3.8) is 0 Å². The zero-order chi connectivity index (χ0) is 29.3. The van der Waals surface area contributed by atoms with Gasteiger partial charge in [-0.2, -0.15) is 15.3 Å². The molecule has 4 aromatic rings. The molecule has 1 N–H and O–H groups in total. The lowest BCUT2D eigenvalue weighted by molar-refractivity contribution is -0.120. The summed E-state index contributed by atoms with van der Waals surface area (Å²) in [5, 5.41) is 24.4. The third kappa shape index (κ3) is 5.37. The summed E-state index contributed by atoms with van der Waals surface area (Å²) in [7, 11) is 0. The summed E-state index contributed by atoms with van der Waals surface area (Å²) < 4.78 is 25.2. The lowest BCUT2D eigenvalue weighted by atomic mass is 9.81. The van der Waals surface area contributed by atoms with E-state index in [1.165, 1.54) is 12.4 Å². The van der Waals surface area contributed by atoms with Gasteiger partial charge in [0.05, 0.1) is 35.6 Å². The monoisotopic (exact) mass is 569 g/mol. The molecule has 0 amide bonds. The summed E-state index contributed by atoms with van der Waals surface area (Å²) in [6.07, 6.45) is 8.81. The summed E-state index contributed by atoms with van der Waals surface area (Å²) >= 11 is 0. The summed E-state index contributed by atoms with van der Waals surface area (Å²) in [6, 6.07) is 14.2. The van der Waals surface area contributed by atoms with Gasteiger partial charge in [0.15, 0.2) is 0 Å². The topological polar surface area (TPSA) is 105 Å². The van der Waals surface area contributed by atoms with Crippen molar-refractivity contribution in [2.75, 3.05) is 6.61 Å². The molecule has 8 nitrogen and oxygen atoms in total. The number of aliphatic hydroxyl groups is 1. The highest BCUT2D eigenvalue weighted by molar-refractivity contribution is 5.70. The van der Waals surface area contributed by atoms with Crippen LogP contribution in [-0.4, -0.2) is 42.6 Å². The molecule has 6 rings (SSSR count). The summed E-state index contributed by atoms with van der Waals surface area (Å²) in [5.74, 6) is 0.0994. The molecule has 2 aromatic carbocycles. The molecule has 218 valence electrons. The van der Waals surface area contributed by atoms with Crippen LogP contribution in [0.4, 0.5) is 4.39 Å². The van der Waals surface area contributed by atoms with Gasteiger partial charge in [-0.05, 0) is 80.2 Å². The second-order valence-corrected chi connectivity index (χ2v) is 11.8. The van der Waals surface area contributed by atoms with E-state index in [-0.39, 0.29) is 24.1 Å². The van der Waals surface area contributed by atoms with Crippen LogP contribution in [0.2, 0.25) is 0 Å². The van der Waals surface area contributed by atoms with Crippen molar-refractivity contribution in [2.24, 2.45) is 0 Å². The Kier molecular flexibility index (Phi) is 7.93. The highest BCUT2D eigenvalue weighted by atomic mass is 19.1. The molecule has 42 heavy (non-hydrogen) atoms. The number of hydrogen-bond donors (Lipinski definition) is 1. The quantitative estimate of drug-likeness (QED) is 0.284. The number of fused-ring (bicyclic) bond motifs is 1. The number of aromatic nitrogens is 4. The number of ether oxygens (including phenoxy) is 1. The lowest BCUT2D eigenvalue weighted by Crippen LogP contribution is -2.43. The van der Waals surface area contributed by atoms with Crippen LogP contribution in [0.15, 0.2) is 53.6 Å². The molecule has 0 spiro atoms. The van der Waals surface area contributed by atoms with Crippen molar-refractivity contribution in [3.8, 4) is 17.2 Å². The number of benzene rings is 2. The van der Waals surface area contributed by atoms with Crippen LogP contribution in [-0.2, 0) is 17.6 Å². The van der Waals surface area contributed by atoms with Crippen molar-refractivity contribution in [2.45, 2.75) is 88.9 Å². The highest BCUT2D eigenvalue weighted by Crippen LogP contribution is 2.35. The Hall–Kier alpha value is -3.87. The van der Waals surface area contributed by atoms with Gasteiger partial charge >= 0.3 is 0 Å². The maximum Gasteiger partial charge on any atom is 0.259 e. The van der Waals surface area contributed by atoms with Crippen molar-refractivity contribution in [1.29, 1.82) is 5.26 Å². The van der Waals surface area contributed by atoms with E-state index in [9.17, 15) is 15.2 Å². The molecule has 2 saturated carbocycles. The van der Waals surface area contributed by atoms with Crippen LogP contribution in [0, 0.1) is 17.1 Å². The van der Waals surface area contributed by atoms with Crippen LogP contribution in [0.1, 0.15) is 86.7 Å². The molecular formula is C33H36FN5O3. The Morgan fingerprint density at radius 2 is 1.95 bits per heavy atom. The second kappa shape index (κ2) is 11.8. The first-order chi connectivity index (χ1) is 20.4. The predicted octanol–water partition coefficient (Wildman–Crippen LogP) is 5.53. The van der Waals surface area contributed by atoms with Crippen LogP contribution in [0.25, 0.3) is 16.9 Å². The summed E-state index contributed by atoms with van der Waals surface area (Å²) in [4.78, 5) is 18.7. The Morgan fingerprint density at radius 1 is 1.17 bits per heavy atom. The number of halogens is 1. The zero-order valence-corrected chi connectivity index (χ0v) is 23.9. The lowest BCUT2D eigenvalue weighted by Gasteiger charge is -2.38. The molecule has 0 atom stereocenters. The van der Waals surface area contributed by atoms with Crippen LogP contribution >= 0.6 is 0 Å². The number of nitrogens with zero attached hydrogens (tertiary/aromatic N) is 5. The predicted molar refractivity (Wildman–Crippen MR) is 157 cm³/mol. The van der Waals surface area contributed by atoms with Gasteiger partial charge in [-0.1, -0.05) is 43.7 Å². The Bertz CT molecular complexity index is 1690. The van der Waals surface area contributed by atoms with Crippen LogP contribution < -0.4 is 5.56 Å². The smallest absolute Gasteiger partial charge is 0.259 e. The maximum atomic E-state index is 15.6. The first-order valence-electron chi connectivity index (χ1n) is 15.0. The number of hydrogen-bond acceptors (Lipinski definition) is 6. The SMILES string of the molecule is CCCc1c(Cc2ccc(-c3ccccc3C#N)cc2F)c(=O)n(C2CCC(OCC3(O)CCC3)CC2)c2ncnn12. The van der Waals surface area contributed by atoms with Gasteiger partial charge in [0, 0.05) is 18.0 Å². The van der Waals surface area contributed by atoms with E-state index >= 15 is 4.39 Å². The van der Waals surface area contributed by atoms with E-state index in [1.807, 2.05) is 19.1 Å². The Morgan fingerprint density at radius 3 is 2.64 bits per heavy atom. The Labute approximate surface area is 244 Å². The molecule has 9 heteroatoms. The number of rotatable bonds is 9. The van der Waals surface area contributed by atoms with Gasteiger partial charge in [-0.3, -0.25) is 9.36 Å². The fraction of sp³-hybridized carbons (Fsp3) is 0.455. The number of aryl methyl sites for hydroxylation is 1. The summed E-state index contributed by atoms with van der Waals surface area (Å²) in [5.41, 5.74) is 2.66. The molecule has 2 aliphatic rings. The minimum Gasteiger partial charge on any atom is -0.387 e. The molecule has 2 aromatic heterocycles. The first-order valence-corrected chi connectivity index (χ1v) is 15.0. The molecule has 2 fully saturated rings. The fourth-order valence-electron chi connectivity index (χ4n) is 6.43. The molecule has 2 aliphatic carbocycles. The molecule has 0 unspecified atom stereocenters. The van der Waals surface area contributed by atoms with E-state index in [0.29, 0.717) is 46.6 Å². The largest absolute Gasteiger partial charge is 0.387 e. The van der Waals surface area contributed by atoms with E-state index in [0.717, 1.165) is 57.1 Å². The Balaban J connectivity index is 1.30. The zero-order valence-electron chi connectivity index (χ0n) is 23.9. The van der Waals surface area contributed by atoms with Crippen molar-refractivity contribution >= 4 is 5.78 Å². The van der Waals surface area contributed by atoms with Crippen molar-refractivity contribution in [1.82, 2.24) is 19.2 Å². The maximum absolute atomic E-state index is 15.6. The third-order valence-electron chi connectivity index (χ3n) is 8.97. The van der Waals surface area contributed by atoms with E-state index in [2.05, 4.69) is 16.2 Å². The first kappa shape index (κ1) is 28.3. The van der Waals surface area contributed by atoms with Crippen LogP contribution in [0.3, 0.4) is 0 Å². The molecule has 0 radical (unpaired) electrons. The standard InChI is InChI=1S/C33H36FN5O3/c1-2-6-30-28(17-23-10-9-22(18-29(23)34)27-8-4-3-7-24(27)19-35)31(40)38(32-36-21-37-39(30)32)25-11-13-26(14-12-25)42-20-33(41)15-5-16-33/h3-4,7-10,18,21,25-26,41H,2,5-6,11-17,20H2,1H3. The van der Waals surface area contributed by atoms with Crippen molar-refractivity contribution in [3.05, 3.63) is 87.3 Å². The minimum atomic E-state index is -0.669. The van der Waals surface area contributed by atoms with Crippen LogP contribution in [0.5, 0.6) is 0 Å². The molecule has 0 saturated heterocycles. The van der Waals surface area contributed by atoms with Gasteiger partial charge in [0.25, 0.3) is 5.56 Å². The van der Waals surface area contributed by atoms with E-state index in [1.54, 1.807) is 33.3 Å². The molecular weight excluding hydrogens is 533 g/mol. The molecule has 0 aliphatic heterocycles. The molecule has 0 bridgehead atoms. The van der Waals surface area contributed by atoms with E-state index < -0.39 is 11.4 Å². The third-order valence-corrected chi connectivity index (χ3v) is 8.97. The van der Waals surface area contributed by atoms with Crippen molar-refractivity contribution < 1.29 is 14.2 Å². The normalized spacial score (nSPS) is 19.9. The van der Waals surface area contributed by atoms with Gasteiger partial charge in [-0.25, -0.2) is 8.91 Å². The van der Waals surface area contributed by atoms with Gasteiger partial charge < -0.3 is 9.84 Å². The van der Waals surface area contributed by atoms with E-state index in [4.69, 9.17) is 4.74 Å². The highest BCUT2D eigenvalue weighted by Gasteiger charge is 2.36. The van der Waals surface area contributed by atoms with Gasteiger partial charge in [0.2, 0.25) is 5.78 Å². The summed E-state index contributed by atoms with van der Waals surface area (Å²) in [6.45, 7) is 2.42. The van der Waals surface area contributed by atoms with Gasteiger partial charge in [0.1, 0.15) is 12.1 Å². The fourth-order valence-corrected chi connectivity index (χ4v) is 6.43. The second-order valence-electron chi connectivity index (χ2n) is 11.8. The molecule has 2 heterocycles. The average Bonchev–Trinajstić information content (AvgIpc) is 3.47. The number of nitriles is 1. The minimum absolute atomic E-state index is 0.0630. The average molecular weight is 570 g/mol.